The molecule has 0 fully saturated rings. The molecule has 0 aliphatic carbocycles. The molecule has 5 heteroatoms. The summed E-state index contributed by atoms with van der Waals surface area (Å²) >= 11 is 0. The first-order chi connectivity index (χ1) is 10.6. The molecule has 23 heavy (non-hydrogen) atoms. The van der Waals surface area contributed by atoms with Crippen LogP contribution in [0.5, 0.6) is 0 Å². The van der Waals surface area contributed by atoms with Crippen molar-refractivity contribution in [2.75, 3.05) is 16.8 Å². The first kappa shape index (κ1) is 17.5. The molecule has 126 valence electrons. The lowest BCUT2D eigenvalue weighted by Crippen LogP contribution is -2.31. The molecule has 3 N–H and O–H groups in total. The average Bonchev–Trinajstić information content (AvgIpc) is 2.87. The second kappa shape index (κ2) is 5.96. The Morgan fingerprint density at radius 3 is 2.30 bits per heavy atom. The second-order valence-corrected chi connectivity index (χ2v) is 7.26. The highest BCUT2D eigenvalue weighted by atomic mass is 16.2. The number of benzene rings is 1. The predicted octanol–water partition coefficient (Wildman–Crippen LogP) is 2.66. The van der Waals surface area contributed by atoms with Crippen molar-refractivity contribution in [1.82, 2.24) is 0 Å². The largest absolute Gasteiger partial charge is 0.326 e. The molecule has 0 bridgehead atoms. The first-order valence-corrected chi connectivity index (χ1v) is 8.04. The highest BCUT2D eigenvalue weighted by Crippen LogP contribution is 2.42. The summed E-state index contributed by atoms with van der Waals surface area (Å²) in [5.74, 6) is -0.0701. The van der Waals surface area contributed by atoms with Gasteiger partial charge < -0.3 is 16.0 Å². The molecule has 0 atom stereocenters. The molecule has 2 rings (SSSR count). The van der Waals surface area contributed by atoms with E-state index in [0.29, 0.717) is 13.1 Å². The summed E-state index contributed by atoms with van der Waals surface area (Å²) in [7, 11) is 0. The van der Waals surface area contributed by atoms with Crippen molar-refractivity contribution in [3.63, 3.8) is 0 Å². The Morgan fingerprint density at radius 2 is 1.83 bits per heavy atom. The van der Waals surface area contributed by atoms with Crippen molar-refractivity contribution in [3.05, 3.63) is 22.3 Å². The van der Waals surface area contributed by atoms with Gasteiger partial charge >= 0.3 is 0 Å². The molecule has 0 unspecified atom stereocenters. The third-order valence-electron chi connectivity index (χ3n) is 4.61. The fourth-order valence-corrected chi connectivity index (χ4v) is 3.13. The van der Waals surface area contributed by atoms with Gasteiger partial charge in [-0.25, -0.2) is 0 Å². The Morgan fingerprint density at radius 1 is 1.22 bits per heavy atom. The van der Waals surface area contributed by atoms with Crippen LogP contribution in [0.1, 0.15) is 49.9 Å². The summed E-state index contributed by atoms with van der Waals surface area (Å²) in [6, 6.07) is 0. The lowest BCUT2D eigenvalue weighted by molar-refractivity contribution is -0.123. The number of nitrogens with two attached hydrogens (primary N) is 1. The number of anilines is 2. The van der Waals surface area contributed by atoms with E-state index in [0.717, 1.165) is 40.0 Å². The van der Waals surface area contributed by atoms with Gasteiger partial charge in [0.15, 0.2) is 0 Å². The summed E-state index contributed by atoms with van der Waals surface area (Å²) < 4.78 is 0. The van der Waals surface area contributed by atoms with Gasteiger partial charge in [0.1, 0.15) is 0 Å². The minimum atomic E-state index is -0.507. The Labute approximate surface area is 138 Å². The second-order valence-electron chi connectivity index (χ2n) is 7.26. The number of carbonyl (C=O) groups is 2. The molecule has 1 aliphatic rings. The summed E-state index contributed by atoms with van der Waals surface area (Å²) in [5.41, 5.74) is 11.3. The normalized spacial score (nSPS) is 14.0. The van der Waals surface area contributed by atoms with E-state index in [4.69, 9.17) is 5.73 Å². The van der Waals surface area contributed by atoms with Gasteiger partial charge in [-0.3, -0.25) is 9.59 Å². The van der Waals surface area contributed by atoms with Crippen molar-refractivity contribution in [3.8, 4) is 0 Å². The molecular weight excluding hydrogens is 290 g/mol. The molecule has 1 heterocycles. The maximum atomic E-state index is 12.5. The fourth-order valence-electron chi connectivity index (χ4n) is 3.13. The van der Waals surface area contributed by atoms with Gasteiger partial charge in [-0.2, -0.15) is 0 Å². The zero-order chi connectivity index (χ0) is 17.5. The molecule has 1 aliphatic heterocycles. The van der Waals surface area contributed by atoms with Crippen LogP contribution in [0.15, 0.2) is 0 Å². The van der Waals surface area contributed by atoms with E-state index in [1.165, 1.54) is 0 Å². The zero-order valence-electron chi connectivity index (χ0n) is 15.0. The molecule has 5 nitrogen and oxygen atoms in total. The topological polar surface area (TPSA) is 75.4 Å². The van der Waals surface area contributed by atoms with Gasteiger partial charge in [0, 0.05) is 25.4 Å². The maximum Gasteiger partial charge on any atom is 0.229 e. The SMILES string of the molecule is CC(=O)N1CCc2c(C)c(CN)c(C)c(NC(=O)C(C)(C)C)c21. The number of nitrogens with zero attached hydrogens (tertiary/aromatic N) is 1. The van der Waals surface area contributed by atoms with E-state index in [9.17, 15) is 9.59 Å². The van der Waals surface area contributed by atoms with E-state index < -0.39 is 5.41 Å². The van der Waals surface area contributed by atoms with Crippen LogP contribution in [-0.2, 0) is 22.6 Å². The molecule has 0 saturated heterocycles. The van der Waals surface area contributed by atoms with Gasteiger partial charge in [-0.05, 0) is 42.5 Å². The Balaban J connectivity index is 2.67. The van der Waals surface area contributed by atoms with Crippen LogP contribution in [0, 0.1) is 19.3 Å². The van der Waals surface area contributed by atoms with E-state index >= 15 is 0 Å². The van der Waals surface area contributed by atoms with Gasteiger partial charge in [0.25, 0.3) is 0 Å². The molecular formula is C18H27N3O2. The minimum Gasteiger partial charge on any atom is -0.326 e. The maximum absolute atomic E-state index is 12.5. The van der Waals surface area contributed by atoms with E-state index in [2.05, 4.69) is 5.32 Å². The van der Waals surface area contributed by atoms with Crippen molar-refractivity contribution >= 4 is 23.2 Å². The molecule has 0 saturated carbocycles. The Bertz CT molecular complexity index is 672. The van der Waals surface area contributed by atoms with Crippen molar-refractivity contribution in [2.45, 2.75) is 54.5 Å². The Hall–Kier alpha value is -1.88. The third-order valence-corrected chi connectivity index (χ3v) is 4.61. The molecule has 0 aromatic heterocycles. The van der Waals surface area contributed by atoms with Crippen LogP contribution in [0.2, 0.25) is 0 Å². The van der Waals surface area contributed by atoms with Gasteiger partial charge in [-0.1, -0.05) is 20.8 Å². The molecule has 1 aromatic rings. The zero-order valence-corrected chi connectivity index (χ0v) is 15.0. The average molecular weight is 317 g/mol. The van der Waals surface area contributed by atoms with E-state index in [-0.39, 0.29) is 11.8 Å². The van der Waals surface area contributed by atoms with Crippen molar-refractivity contribution in [2.24, 2.45) is 11.1 Å². The van der Waals surface area contributed by atoms with Crippen LogP contribution < -0.4 is 16.0 Å². The van der Waals surface area contributed by atoms with Crippen molar-refractivity contribution in [1.29, 1.82) is 0 Å². The Kier molecular flexibility index (Phi) is 4.53. The summed E-state index contributed by atoms with van der Waals surface area (Å²) in [6.45, 7) is 12.3. The van der Waals surface area contributed by atoms with Crippen LogP contribution in [0.3, 0.4) is 0 Å². The number of amides is 2. The monoisotopic (exact) mass is 317 g/mol. The summed E-state index contributed by atoms with van der Waals surface area (Å²) in [5, 5.41) is 3.05. The summed E-state index contributed by atoms with van der Waals surface area (Å²) in [6.07, 6.45) is 0.798. The van der Waals surface area contributed by atoms with Crippen LogP contribution in [0.4, 0.5) is 11.4 Å². The summed E-state index contributed by atoms with van der Waals surface area (Å²) in [4.78, 5) is 26.3. The standard InChI is InChI=1S/C18H27N3O2/c1-10-13-7-8-21(12(3)22)16(13)15(11(2)14(10)9-19)20-17(23)18(4,5)6/h7-9,19H2,1-6H3,(H,20,23). The number of hydrogen-bond acceptors (Lipinski definition) is 3. The molecule has 1 aromatic carbocycles. The van der Waals surface area contributed by atoms with Crippen LogP contribution >= 0.6 is 0 Å². The smallest absolute Gasteiger partial charge is 0.229 e. The van der Waals surface area contributed by atoms with Gasteiger partial charge in [-0.15, -0.1) is 0 Å². The van der Waals surface area contributed by atoms with Crippen LogP contribution in [-0.4, -0.2) is 18.4 Å². The van der Waals surface area contributed by atoms with Crippen LogP contribution in [0.25, 0.3) is 0 Å². The number of fused-ring (bicyclic) bond motifs is 1. The minimum absolute atomic E-state index is 0.00527. The van der Waals surface area contributed by atoms with Crippen molar-refractivity contribution < 1.29 is 9.59 Å². The number of rotatable bonds is 2. The number of carbonyl (C=O) groups excluding carboxylic acids is 2. The fraction of sp³-hybridized carbons (Fsp3) is 0.556. The number of hydrogen-bond donors (Lipinski definition) is 2. The van der Waals surface area contributed by atoms with Gasteiger partial charge in [0.2, 0.25) is 11.8 Å². The van der Waals surface area contributed by atoms with Gasteiger partial charge in [0.05, 0.1) is 11.4 Å². The lowest BCUT2D eigenvalue weighted by atomic mass is 9.91. The highest BCUT2D eigenvalue weighted by molar-refractivity contribution is 6.05. The quantitative estimate of drug-likeness (QED) is 0.880. The lowest BCUT2D eigenvalue weighted by Gasteiger charge is -2.26. The molecule has 0 spiro atoms. The third kappa shape index (κ3) is 2.98. The molecule has 0 radical (unpaired) electrons. The number of nitrogens with one attached hydrogen (secondary N) is 1. The first-order valence-electron chi connectivity index (χ1n) is 8.04. The van der Waals surface area contributed by atoms with E-state index in [1.54, 1.807) is 11.8 Å². The highest BCUT2D eigenvalue weighted by Gasteiger charge is 2.32. The predicted molar refractivity (Wildman–Crippen MR) is 93.6 cm³/mol. The molecule has 2 amide bonds. The van der Waals surface area contributed by atoms with E-state index in [1.807, 2.05) is 34.6 Å².